The smallest absolute Gasteiger partial charge is 0.276 e. The molecule has 0 spiro atoms. The molecule has 2 heterocycles. The van der Waals surface area contributed by atoms with Gasteiger partial charge in [-0.15, -0.1) is 6.58 Å². The summed E-state index contributed by atoms with van der Waals surface area (Å²) in [6.45, 7) is 3.92. The van der Waals surface area contributed by atoms with E-state index in [1.54, 1.807) is 12.1 Å². The predicted octanol–water partition coefficient (Wildman–Crippen LogP) is 2.16. The summed E-state index contributed by atoms with van der Waals surface area (Å²) in [4.78, 5) is 14.2. The summed E-state index contributed by atoms with van der Waals surface area (Å²) < 4.78 is 28.7. The first-order chi connectivity index (χ1) is 11.5. The molecule has 0 saturated carbocycles. The Kier molecular flexibility index (Phi) is 4.53. The van der Waals surface area contributed by atoms with Gasteiger partial charge in [-0.25, -0.2) is 8.42 Å². The molecule has 2 aromatic rings. The van der Waals surface area contributed by atoms with Crippen molar-refractivity contribution in [2.24, 2.45) is 0 Å². The molecule has 0 N–H and O–H groups in total. The maximum Gasteiger partial charge on any atom is 0.276 e. The van der Waals surface area contributed by atoms with E-state index in [4.69, 9.17) is 4.52 Å². The second-order valence-electron chi connectivity index (χ2n) is 5.75. The molecule has 1 aromatic heterocycles. The molecule has 3 rings (SSSR count). The fourth-order valence-electron chi connectivity index (χ4n) is 2.82. The topological polar surface area (TPSA) is 80.5 Å². The summed E-state index contributed by atoms with van der Waals surface area (Å²) in [6.07, 6.45) is 2.02. The number of aromatic nitrogens is 1. The van der Waals surface area contributed by atoms with Crippen LogP contribution in [0.1, 0.15) is 16.9 Å². The number of hydrogen-bond donors (Lipinski definition) is 0. The largest absolute Gasteiger partial charge is 0.355 e. The van der Waals surface area contributed by atoms with Crippen LogP contribution in [0, 0.1) is 0 Å². The molecule has 1 amide bonds. The van der Waals surface area contributed by atoms with E-state index < -0.39 is 9.84 Å². The van der Waals surface area contributed by atoms with Crippen molar-refractivity contribution >= 4 is 15.7 Å². The minimum Gasteiger partial charge on any atom is -0.355 e. The van der Waals surface area contributed by atoms with E-state index in [0.29, 0.717) is 12.2 Å². The van der Waals surface area contributed by atoms with Gasteiger partial charge in [0.25, 0.3) is 5.91 Å². The number of amides is 1. The van der Waals surface area contributed by atoms with Gasteiger partial charge in [0.05, 0.1) is 11.5 Å². The van der Waals surface area contributed by atoms with Crippen molar-refractivity contribution in [1.82, 2.24) is 10.1 Å². The minimum absolute atomic E-state index is 0.0179. The highest BCUT2D eigenvalue weighted by Gasteiger charge is 2.35. The van der Waals surface area contributed by atoms with Crippen LogP contribution in [0.2, 0.25) is 0 Å². The average Bonchev–Trinajstić information content (AvgIpc) is 3.19. The van der Waals surface area contributed by atoms with E-state index in [0.717, 1.165) is 5.56 Å². The zero-order valence-electron chi connectivity index (χ0n) is 13.1. The maximum atomic E-state index is 12.7. The van der Waals surface area contributed by atoms with E-state index >= 15 is 0 Å². The Morgan fingerprint density at radius 3 is 2.75 bits per heavy atom. The number of rotatable bonds is 5. The Morgan fingerprint density at radius 2 is 2.12 bits per heavy atom. The quantitative estimate of drug-likeness (QED) is 0.775. The molecule has 1 aliphatic rings. The zero-order valence-corrected chi connectivity index (χ0v) is 13.9. The second-order valence-corrected chi connectivity index (χ2v) is 7.97. The molecule has 1 aromatic carbocycles. The Bertz CT molecular complexity index is 842. The van der Waals surface area contributed by atoms with Crippen LogP contribution in [0.25, 0.3) is 11.3 Å². The van der Waals surface area contributed by atoms with Gasteiger partial charge >= 0.3 is 0 Å². The summed E-state index contributed by atoms with van der Waals surface area (Å²) in [5.41, 5.74) is 0.989. The molecule has 1 atom stereocenters. The molecule has 7 heteroatoms. The van der Waals surface area contributed by atoms with Crippen LogP contribution in [-0.2, 0) is 9.84 Å². The van der Waals surface area contributed by atoms with Crippen molar-refractivity contribution in [2.75, 3.05) is 18.1 Å². The molecule has 24 heavy (non-hydrogen) atoms. The molecule has 1 unspecified atom stereocenters. The standard InChI is InChI=1S/C17H18N2O4S/c1-2-9-19(14-8-10-24(21,22)12-14)17(20)15-11-16(23-18-15)13-6-4-3-5-7-13/h2-7,11,14H,1,8-10,12H2. The van der Waals surface area contributed by atoms with Crippen LogP contribution in [0.3, 0.4) is 0 Å². The lowest BCUT2D eigenvalue weighted by Crippen LogP contribution is -2.41. The van der Waals surface area contributed by atoms with Crippen molar-refractivity contribution in [3.8, 4) is 11.3 Å². The van der Waals surface area contributed by atoms with Crippen molar-refractivity contribution < 1.29 is 17.7 Å². The monoisotopic (exact) mass is 346 g/mol. The summed E-state index contributed by atoms with van der Waals surface area (Å²) >= 11 is 0. The van der Waals surface area contributed by atoms with Gasteiger partial charge in [-0.1, -0.05) is 41.6 Å². The highest BCUT2D eigenvalue weighted by atomic mass is 32.2. The van der Waals surface area contributed by atoms with Gasteiger partial charge in [-0.3, -0.25) is 4.79 Å². The van der Waals surface area contributed by atoms with E-state index in [1.807, 2.05) is 30.3 Å². The molecule has 1 aliphatic heterocycles. The second kappa shape index (κ2) is 6.60. The third-order valence-corrected chi connectivity index (χ3v) is 5.77. The lowest BCUT2D eigenvalue weighted by atomic mass is 10.1. The van der Waals surface area contributed by atoms with E-state index in [-0.39, 0.29) is 35.7 Å². The SMILES string of the molecule is C=CCN(C(=O)c1cc(-c2ccccc2)on1)C1CCS(=O)(=O)C1. The Labute approximate surface area is 140 Å². The summed E-state index contributed by atoms with van der Waals surface area (Å²) in [7, 11) is -3.08. The normalized spacial score (nSPS) is 19.1. The highest BCUT2D eigenvalue weighted by molar-refractivity contribution is 7.91. The Morgan fingerprint density at radius 1 is 1.38 bits per heavy atom. The van der Waals surface area contributed by atoms with Gasteiger partial charge in [0, 0.05) is 24.2 Å². The number of hydrogen-bond acceptors (Lipinski definition) is 5. The third-order valence-electron chi connectivity index (χ3n) is 4.02. The van der Waals surface area contributed by atoms with Gasteiger partial charge < -0.3 is 9.42 Å². The van der Waals surface area contributed by atoms with Crippen LogP contribution in [0.5, 0.6) is 0 Å². The van der Waals surface area contributed by atoms with Crippen LogP contribution in [-0.4, -0.2) is 48.5 Å². The Balaban J connectivity index is 1.83. The third kappa shape index (κ3) is 3.41. The van der Waals surface area contributed by atoms with Gasteiger partial charge in [0.2, 0.25) is 0 Å². The number of benzene rings is 1. The minimum atomic E-state index is -3.08. The predicted molar refractivity (Wildman–Crippen MR) is 90.2 cm³/mol. The number of sulfone groups is 1. The van der Waals surface area contributed by atoms with Crippen molar-refractivity contribution in [3.63, 3.8) is 0 Å². The molecule has 0 radical (unpaired) electrons. The van der Waals surface area contributed by atoms with Gasteiger partial charge in [-0.05, 0) is 6.42 Å². The molecule has 126 valence electrons. The van der Waals surface area contributed by atoms with E-state index in [1.165, 1.54) is 4.90 Å². The van der Waals surface area contributed by atoms with Crippen LogP contribution >= 0.6 is 0 Å². The molecule has 0 aliphatic carbocycles. The molecule has 1 saturated heterocycles. The van der Waals surface area contributed by atoms with Gasteiger partial charge in [0.1, 0.15) is 0 Å². The lowest BCUT2D eigenvalue weighted by molar-refractivity contribution is 0.0710. The number of carbonyl (C=O) groups is 1. The van der Waals surface area contributed by atoms with Crippen LogP contribution < -0.4 is 0 Å². The fourth-order valence-corrected chi connectivity index (χ4v) is 4.55. The van der Waals surface area contributed by atoms with E-state index in [2.05, 4.69) is 11.7 Å². The van der Waals surface area contributed by atoms with Crippen LogP contribution in [0.15, 0.2) is 53.6 Å². The van der Waals surface area contributed by atoms with Gasteiger partial charge in [-0.2, -0.15) is 0 Å². The van der Waals surface area contributed by atoms with Crippen molar-refractivity contribution in [3.05, 3.63) is 54.7 Å². The zero-order chi connectivity index (χ0) is 17.2. The molecule has 0 bridgehead atoms. The van der Waals surface area contributed by atoms with Crippen molar-refractivity contribution in [2.45, 2.75) is 12.5 Å². The average molecular weight is 346 g/mol. The van der Waals surface area contributed by atoms with Crippen molar-refractivity contribution in [1.29, 1.82) is 0 Å². The van der Waals surface area contributed by atoms with Gasteiger partial charge in [0.15, 0.2) is 21.3 Å². The molecule has 6 nitrogen and oxygen atoms in total. The lowest BCUT2D eigenvalue weighted by Gasteiger charge is -2.25. The molecular weight excluding hydrogens is 328 g/mol. The van der Waals surface area contributed by atoms with E-state index in [9.17, 15) is 13.2 Å². The molecule has 1 fully saturated rings. The Hall–Kier alpha value is -2.41. The summed E-state index contributed by atoms with van der Waals surface area (Å²) in [5.74, 6) is 0.238. The van der Waals surface area contributed by atoms with Crippen LogP contribution in [0.4, 0.5) is 0 Å². The first kappa shape index (κ1) is 16.4. The first-order valence-corrected chi connectivity index (χ1v) is 9.47. The highest BCUT2D eigenvalue weighted by Crippen LogP contribution is 2.23. The first-order valence-electron chi connectivity index (χ1n) is 7.64. The summed E-state index contributed by atoms with van der Waals surface area (Å²) in [5, 5.41) is 3.85. The summed E-state index contributed by atoms with van der Waals surface area (Å²) in [6, 6.07) is 10.6. The molecular formula is C17H18N2O4S. The maximum absolute atomic E-state index is 12.7. The fraction of sp³-hybridized carbons (Fsp3) is 0.294. The number of nitrogens with zero attached hydrogens (tertiary/aromatic N) is 2. The number of carbonyl (C=O) groups excluding carboxylic acids is 1.